The third-order valence-electron chi connectivity index (χ3n) is 2.44. The summed E-state index contributed by atoms with van der Waals surface area (Å²) in [4.78, 5) is 0. The Labute approximate surface area is 114 Å². The van der Waals surface area contributed by atoms with E-state index in [9.17, 15) is 12.8 Å². The van der Waals surface area contributed by atoms with Crippen LogP contribution in [0.3, 0.4) is 0 Å². The monoisotopic (exact) mass is 301 g/mol. The van der Waals surface area contributed by atoms with E-state index < -0.39 is 15.8 Å². The first-order valence-electron chi connectivity index (χ1n) is 5.48. The summed E-state index contributed by atoms with van der Waals surface area (Å²) in [5, 5.41) is 10.7. The normalized spacial score (nSPS) is 11.5. The molecule has 0 aliphatic carbocycles. The molecule has 2 rings (SSSR count). The van der Waals surface area contributed by atoms with Crippen LogP contribution in [-0.2, 0) is 10.0 Å². The molecule has 1 aromatic heterocycles. The van der Waals surface area contributed by atoms with Gasteiger partial charge in [-0.2, -0.15) is 0 Å². The topological polar surface area (TPSA) is 57.6 Å². The van der Waals surface area contributed by atoms with Crippen LogP contribution < -0.4 is 4.31 Å². The highest BCUT2D eigenvalue weighted by Crippen LogP contribution is 2.26. The molecular formula is C12H12FNO3S2. The maximum Gasteiger partial charge on any atom is 0.273 e. The molecule has 102 valence electrons. The second kappa shape index (κ2) is 5.68. The summed E-state index contributed by atoms with van der Waals surface area (Å²) < 4.78 is 39.2. The van der Waals surface area contributed by atoms with Crippen LogP contribution in [0.1, 0.15) is 0 Å². The lowest BCUT2D eigenvalue weighted by atomic mass is 10.3. The van der Waals surface area contributed by atoms with Gasteiger partial charge in [0.2, 0.25) is 0 Å². The summed E-state index contributed by atoms with van der Waals surface area (Å²) in [6, 6.07) is 8.38. The van der Waals surface area contributed by atoms with E-state index in [2.05, 4.69) is 0 Å². The minimum atomic E-state index is -3.76. The molecule has 2 aromatic rings. The van der Waals surface area contributed by atoms with Crippen molar-refractivity contribution in [2.45, 2.75) is 4.21 Å². The van der Waals surface area contributed by atoms with Gasteiger partial charge in [0.25, 0.3) is 10.0 Å². The number of anilines is 1. The van der Waals surface area contributed by atoms with E-state index in [1.54, 1.807) is 11.4 Å². The Morgan fingerprint density at radius 1 is 1.26 bits per heavy atom. The molecule has 19 heavy (non-hydrogen) atoms. The van der Waals surface area contributed by atoms with E-state index in [0.717, 1.165) is 21.7 Å². The molecule has 0 fully saturated rings. The van der Waals surface area contributed by atoms with Crippen LogP contribution >= 0.6 is 11.3 Å². The number of hydrogen-bond acceptors (Lipinski definition) is 4. The Bertz CT molecular complexity index is 641. The van der Waals surface area contributed by atoms with Crippen molar-refractivity contribution in [3.63, 3.8) is 0 Å². The van der Waals surface area contributed by atoms with Gasteiger partial charge >= 0.3 is 0 Å². The van der Waals surface area contributed by atoms with Gasteiger partial charge in [0.05, 0.1) is 18.8 Å². The average molecular weight is 301 g/mol. The Morgan fingerprint density at radius 3 is 2.63 bits per heavy atom. The van der Waals surface area contributed by atoms with Gasteiger partial charge < -0.3 is 5.11 Å². The highest BCUT2D eigenvalue weighted by Gasteiger charge is 2.25. The third kappa shape index (κ3) is 2.94. The van der Waals surface area contributed by atoms with Gasteiger partial charge in [-0.1, -0.05) is 12.1 Å². The SMILES string of the molecule is O=S(=O)(c1cccs1)N(CCO)c1cccc(F)c1. The van der Waals surface area contributed by atoms with Crippen LogP contribution in [0.5, 0.6) is 0 Å². The third-order valence-corrected chi connectivity index (χ3v) is 5.64. The standard InChI is InChI=1S/C12H12FNO3S2/c13-10-3-1-4-11(9-10)14(6-7-15)19(16,17)12-5-2-8-18-12/h1-5,8-9,15H,6-7H2. The summed E-state index contributed by atoms with van der Waals surface area (Å²) in [6.45, 7) is -0.467. The molecule has 0 saturated heterocycles. The van der Waals surface area contributed by atoms with Crippen molar-refractivity contribution in [3.8, 4) is 0 Å². The Morgan fingerprint density at radius 2 is 2.05 bits per heavy atom. The molecule has 0 atom stereocenters. The summed E-state index contributed by atoms with van der Waals surface area (Å²) in [5.74, 6) is -0.526. The number of nitrogens with zero attached hydrogens (tertiary/aromatic N) is 1. The van der Waals surface area contributed by atoms with Gasteiger partial charge in [-0.3, -0.25) is 4.31 Å². The van der Waals surface area contributed by atoms with Crippen molar-refractivity contribution in [2.24, 2.45) is 0 Å². The molecule has 7 heteroatoms. The van der Waals surface area contributed by atoms with Crippen LogP contribution in [0.15, 0.2) is 46.0 Å². The molecule has 0 amide bonds. The maximum absolute atomic E-state index is 13.2. The van der Waals surface area contributed by atoms with Gasteiger partial charge in [-0.25, -0.2) is 12.8 Å². The maximum atomic E-state index is 13.2. The summed E-state index contributed by atoms with van der Waals surface area (Å²) in [7, 11) is -3.76. The van der Waals surface area contributed by atoms with Crippen molar-refractivity contribution < 1.29 is 17.9 Å². The first-order chi connectivity index (χ1) is 9.05. The molecule has 0 unspecified atom stereocenters. The van der Waals surface area contributed by atoms with E-state index in [4.69, 9.17) is 5.11 Å². The molecule has 1 heterocycles. The van der Waals surface area contributed by atoms with E-state index in [1.807, 2.05) is 0 Å². The van der Waals surface area contributed by atoms with Crippen LogP contribution in [0.25, 0.3) is 0 Å². The second-order valence-corrected chi connectivity index (χ2v) is 6.75. The Kier molecular flexibility index (Phi) is 4.18. The molecule has 0 aliphatic rings. The first kappa shape index (κ1) is 14.0. The predicted octanol–water partition coefficient (Wildman–Crippen LogP) is 2.07. The highest BCUT2D eigenvalue weighted by molar-refractivity contribution is 7.94. The molecule has 0 bridgehead atoms. The second-order valence-electron chi connectivity index (χ2n) is 3.71. The Balaban J connectivity index is 2.46. The van der Waals surface area contributed by atoms with Gasteiger partial charge in [0, 0.05) is 0 Å². The van der Waals surface area contributed by atoms with Crippen molar-refractivity contribution in [1.82, 2.24) is 0 Å². The van der Waals surface area contributed by atoms with Crippen molar-refractivity contribution >= 4 is 27.0 Å². The van der Waals surface area contributed by atoms with E-state index in [-0.39, 0.29) is 23.0 Å². The van der Waals surface area contributed by atoms with E-state index in [1.165, 1.54) is 24.3 Å². The Hall–Kier alpha value is -1.44. The van der Waals surface area contributed by atoms with Gasteiger partial charge in [0.15, 0.2) is 0 Å². The summed E-state index contributed by atoms with van der Waals surface area (Å²) in [6.07, 6.45) is 0. The smallest absolute Gasteiger partial charge is 0.273 e. The molecule has 0 aliphatic heterocycles. The minimum Gasteiger partial charge on any atom is -0.394 e. The number of benzene rings is 1. The number of halogens is 1. The minimum absolute atomic E-state index is 0.121. The molecule has 4 nitrogen and oxygen atoms in total. The lowest BCUT2D eigenvalue weighted by Gasteiger charge is -2.22. The van der Waals surface area contributed by atoms with Gasteiger partial charge in [0.1, 0.15) is 10.0 Å². The first-order valence-corrected chi connectivity index (χ1v) is 7.80. The molecular weight excluding hydrogens is 289 g/mol. The number of aliphatic hydroxyl groups is 1. The molecule has 0 saturated carbocycles. The fraction of sp³-hybridized carbons (Fsp3) is 0.167. The van der Waals surface area contributed by atoms with Gasteiger partial charge in [-0.05, 0) is 29.6 Å². The fourth-order valence-electron chi connectivity index (χ4n) is 1.63. The van der Waals surface area contributed by atoms with Crippen LogP contribution in [0, 0.1) is 5.82 Å². The number of rotatable bonds is 5. The zero-order valence-electron chi connectivity index (χ0n) is 9.86. The highest BCUT2D eigenvalue weighted by atomic mass is 32.2. The van der Waals surface area contributed by atoms with Crippen LogP contribution in [-0.4, -0.2) is 26.7 Å². The number of aliphatic hydroxyl groups excluding tert-OH is 1. The molecule has 1 N–H and O–H groups in total. The fourth-order valence-corrected chi connectivity index (χ4v) is 4.18. The van der Waals surface area contributed by atoms with Crippen molar-refractivity contribution in [1.29, 1.82) is 0 Å². The largest absolute Gasteiger partial charge is 0.394 e. The summed E-state index contributed by atoms with van der Waals surface area (Å²) >= 11 is 1.08. The van der Waals surface area contributed by atoms with Gasteiger partial charge in [-0.15, -0.1) is 11.3 Å². The van der Waals surface area contributed by atoms with Crippen LogP contribution in [0.2, 0.25) is 0 Å². The average Bonchev–Trinajstić information content (AvgIpc) is 2.90. The molecule has 1 aromatic carbocycles. The lowest BCUT2D eigenvalue weighted by Crippen LogP contribution is -2.33. The lowest BCUT2D eigenvalue weighted by molar-refractivity contribution is 0.306. The quantitative estimate of drug-likeness (QED) is 0.920. The number of hydrogen-bond donors (Lipinski definition) is 1. The summed E-state index contributed by atoms with van der Waals surface area (Å²) in [5.41, 5.74) is 0.197. The number of thiophene rings is 1. The molecule has 0 radical (unpaired) electrons. The predicted molar refractivity (Wildman–Crippen MR) is 72.3 cm³/mol. The van der Waals surface area contributed by atoms with Crippen molar-refractivity contribution in [3.05, 3.63) is 47.6 Å². The van der Waals surface area contributed by atoms with Crippen LogP contribution in [0.4, 0.5) is 10.1 Å². The molecule has 0 spiro atoms. The number of sulfonamides is 1. The van der Waals surface area contributed by atoms with E-state index in [0.29, 0.717) is 0 Å². The zero-order chi connectivity index (χ0) is 13.9. The van der Waals surface area contributed by atoms with E-state index >= 15 is 0 Å². The van der Waals surface area contributed by atoms with Crippen molar-refractivity contribution in [2.75, 3.05) is 17.5 Å². The zero-order valence-corrected chi connectivity index (χ0v) is 11.5.